The molecule has 3 nitrogen and oxygen atoms in total. The Hall–Kier alpha value is -1.22. The molecule has 66 valence electrons. The molecule has 0 atom stereocenters. The van der Waals surface area contributed by atoms with Crippen molar-refractivity contribution in [2.24, 2.45) is 5.73 Å². The van der Waals surface area contributed by atoms with Gasteiger partial charge in [0.25, 0.3) is 0 Å². The van der Waals surface area contributed by atoms with E-state index in [4.69, 9.17) is 16.2 Å². The van der Waals surface area contributed by atoms with Gasteiger partial charge < -0.3 is 16.2 Å². The normalized spacial score (nSPS) is 9.83. The molecular formula is C9H14N2O. The average molecular weight is 166 g/mol. The summed E-state index contributed by atoms with van der Waals surface area (Å²) in [5, 5.41) is 0. The summed E-state index contributed by atoms with van der Waals surface area (Å²) in [5.74, 6) is 0.723. The summed E-state index contributed by atoms with van der Waals surface area (Å²) >= 11 is 0. The third kappa shape index (κ3) is 1.68. The first-order valence-electron chi connectivity index (χ1n) is 3.99. The molecular weight excluding hydrogens is 152 g/mol. The van der Waals surface area contributed by atoms with Crippen LogP contribution in [0.3, 0.4) is 0 Å². The van der Waals surface area contributed by atoms with Gasteiger partial charge in [-0.25, -0.2) is 0 Å². The first kappa shape index (κ1) is 8.87. The molecule has 1 aromatic rings. The Labute approximate surface area is 72.3 Å². The van der Waals surface area contributed by atoms with Crippen molar-refractivity contribution in [1.82, 2.24) is 0 Å². The van der Waals surface area contributed by atoms with Crippen LogP contribution in [0.4, 0.5) is 5.69 Å². The van der Waals surface area contributed by atoms with Crippen LogP contribution in [0.15, 0.2) is 18.2 Å². The smallest absolute Gasteiger partial charge is 0.142 e. The molecule has 0 bridgehead atoms. The van der Waals surface area contributed by atoms with E-state index in [0.29, 0.717) is 18.8 Å². The van der Waals surface area contributed by atoms with Crippen LogP contribution in [-0.4, -0.2) is 6.61 Å². The lowest BCUT2D eigenvalue weighted by atomic mass is 10.1. The summed E-state index contributed by atoms with van der Waals surface area (Å²) in [6.07, 6.45) is 0. The minimum absolute atomic E-state index is 0.451. The molecule has 0 aliphatic heterocycles. The second-order valence-electron chi connectivity index (χ2n) is 2.47. The van der Waals surface area contributed by atoms with Crippen LogP contribution >= 0.6 is 0 Å². The zero-order valence-corrected chi connectivity index (χ0v) is 7.21. The number of benzene rings is 1. The second-order valence-corrected chi connectivity index (χ2v) is 2.47. The zero-order valence-electron chi connectivity index (χ0n) is 7.21. The van der Waals surface area contributed by atoms with Gasteiger partial charge in [-0.3, -0.25) is 0 Å². The SMILES string of the molecule is CCOc1cccc(CN)c1N. The van der Waals surface area contributed by atoms with Crippen molar-refractivity contribution in [1.29, 1.82) is 0 Å². The molecule has 0 aliphatic rings. The molecule has 0 amide bonds. The molecule has 12 heavy (non-hydrogen) atoms. The minimum Gasteiger partial charge on any atom is -0.492 e. The molecule has 0 heterocycles. The highest BCUT2D eigenvalue weighted by Crippen LogP contribution is 2.24. The number of nitrogens with two attached hydrogens (primary N) is 2. The predicted octanol–water partition coefficient (Wildman–Crippen LogP) is 1.13. The summed E-state index contributed by atoms with van der Waals surface area (Å²) in [7, 11) is 0. The van der Waals surface area contributed by atoms with E-state index in [1.54, 1.807) is 0 Å². The van der Waals surface area contributed by atoms with Crippen molar-refractivity contribution in [3.8, 4) is 5.75 Å². The van der Waals surface area contributed by atoms with Crippen molar-refractivity contribution >= 4 is 5.69 Å². The van der Waals surface area contributed by atoms with Gasteiger partial charge in [0.1, 0.15) is 5.75 Å². The van der Waals surface area contributed by atoms with Crippen LogP contribution in [0.5, 0.6) is 5.75 Å². The van der Waals surface area contributed by atoms with Gasteiger partial charge in [-0.15, -0.1) is 0 Å². The quantitative estimate of drug-likeness (QED) is 0.661. The monoisotopic (exact) mass is 166 g/mol. The molecule has 0 saturated carbocycles. The number of anilines is 1. The van der Waals surface area contributed by atoms with Crippen LogP contribution in [0.25, 0.3) is 0 Å². The second kappa shape index (κ2) is 3.97. The Balaban J connectivity index is 2.97. The van der Waals surface area contributed by atoms with Crippen molar-refractivity contribution in [3.05, 3.63) is 23.8 Å². The standard InChI is InChI=1S/C9H14N2O/c1-2-12-8-5-3-4-7(6-10)9(8)11/h3-5H,2,6,10-11H2,1H3. The summed E-state index contributed by atoms with van der Waals surface area (Å²) in [5.41, 5.74) is 12.8. The van der Waals surface area contributed by atoms with Crippen LogP contribution in [0, 0.1) is 0 Å². The Morgan fingerprint density at radius 2 is 2.17 bits per heavy atom. The van der Waals surface area contributed by atoms with E-state index in [1.807, 2.05) is 25.1 Å². The topological polar surface area (TPSA) is 61.3 Å². The van der Waals surface area contributed by atoms with E-state index in [9.17, 15) is 0 Å². The lowest BCUT2D eigenvalue weighted by Gasteiger charge is -2.09. The first-order valence-corrected chi connectivity index (χ1v) is 3.99. The Bertz CT molecular complexity index is 261. The fraction of sp³-hybridized carbons (Fsp3) is 0.333. The largest absolute Gasteiger partial charge is 0.492 e. The predicted molar refractivity (Wildman–Crippen MR) is 49.9 cm³/mol. The molecule has 3 heteroatoms. The Morgan fingerprint density at radius 3 is 2.75 bits per heavy atom. The van der Waals surface area contributed by atoms with Gasteiger partial charge in [-0.1, -0.05) is 12.1 Å². The lowest BCUT2D eigenvalue weighted by molar-refractivity contribution is 0.342. The number of hydrogen-bond donors (Lipinski definition) is 2. The van der Waals surface area contributed by atoms with Gasteiger partial charge in [-0.05, 0) is 18.6 Å². The third-order valence-corrected chi connectivity index (χ3v) is 1.68. The summed E-state index contributed by atoms with van der Waals surface area (Å²) in [6.45, 7) is 3.00. The van der Waals surface area contributed by atoms with Crippen LogP contribution < -0.4 is 16.2 Å². The molecule has 0 saturated heterocycles. The minimum atomic E-state index is 0.451. The van der Waals surface area contributed by atoms with E-state index in [2.05, 4.69) is 0 Å². The zero-order chi connectivity index (χ0) is 8.97. The number of nitrogen functional groups attached to an aromatic ring is 1. The first-order chi connectivity index (χ1) is 5.79. The van der Waals surface area contributed by atoms with Gasteiger partial charge in [0, 0.05) is 6.54 Å². The number of ether oxygens (including phenoxy) is 1. The number of rotatable bonds is 3. The van der Waals surface area contributed by atoms with E-state index >= 15 is 0 Å². The Kier molecular flexibility index (Phi) is 2.94. The summed E-state index contributed by atoms with van der Waals surface area (Å²) < 4.78 is 5.30. The van der Waals surface area contributed by atoms with Crippen LogP contribution in [0.1, 0.15) is 12.5 Å². The highest BCUT2D eigenvalue weighted by atomic mass is 16.5. The highest BCUT2D eigenvalue weighted by Gasteiger charge is 2.02. The lowest BCUT2D eigenvalue weighted by Crippen LogP contribution is -2.04. The highest BCUT2D eigenvalue weighted by molar-refractivity contribution is 5.58. The van der Waals surface area contributed by atoms with Crippen molar-refractivity contribution < 1.29 is 4.74 Å². The molecule has 0 aliphatic carbocycles. The van der Waals surface area contributed by atoms with Gasteiger partial charge >= 0.3 is 0 Å². The fourth-order valence-electron chi connectivity index (χ4n) is 1.05. The van der Waals surface area contributed by atoms with Gasteiger partial charge in [0.2, 0.25) is 0 Å². The molecule has 1 rings (SSSR count). The molecule has 0 radical (unpaired) electrons. The maximum atomic E-state index is 5.77. The maximum absolute atomic E-state index is 5.77. The van der Waals surface area contributed by atoms with E-state index in [-0.39, 0.29) is 0 Å². The van der Waals surface area contributed by atoms with Gasteiger partial charge in [0.05, 0.1) is 12.3 Å². The molecule has 0 aromatic heterocycles. The number of hydrogen-bond acceptors (Lipinski definition) is 3. The molecule has 0 unspecified atom stereocenters. The van der Waals surface area contributed by atoms with E-state index in [0.717, 1.165) is 11.3 Å². The average Bonchev–Trinajstić information content (AvgIpc) is 2.09. The Morgan fingerprint density at radius 1 is 1.42 bits per heavy atom. The van der Waals surface area contributed by atoms with Gasteiger partial charge in [0.15, 0.2) is 0 Å². The van der Waals surface area contributed by atoms with Crippen molar-refractivity contribution in [3.63, 3.8) is 0 Å². The summed E-state index contributed by atoms with van der Waals surface area (Å²) in [6, 6.07) is 5.64. The van der Waals surface area contributed by atoms with Gasteiger partial charge in [-0.2, -0.15) is 0 Å². The molecule has 0 fully saturated rings. The molecule has 4 N–H and O–H groups in total. The van der Waals surface area contributed by atoms with Crippen molar-refractivity contribution in [2.45, 2.75) is 13.5 Å². The molecule has 0 spiro atoms. The number of para-hydroxylation sites is 1. The van der Waals surface area contributed by atoms with Crippen LogP contribution in [-0.2, 0) is 6.54 Å². The third-order valence-electron chi connectivity index (χ3n) is 1.68. The van der Waals surface area contributed by atoms with E-state index in [1.165, 1.54) is 0 Å². The van der Waals surface area contributed by atoms with Crippen LogP contribution in [0.2, 0.25) is 0 Å². The van der Waals surface area contributed by atoms with E-state index < -0.39 is 0 Å². The maximum Gasteiger partial charge on any atom is 0.142 e. The van der Waals surface area contributed by atoms with Crippen molar-refractivity contribution in [2.75, 3.05) is 12.3 Å². The summed E-state index contributed by atoms with van der Waals surface area (Å²) in [4.78, 5) is 0. The molecule has 1 aromatic carbocycles. The fourth-order valence-corrected chi connectivity index (χ4v) is 1.05.